The van der Waals surface area contributed by atoms with Gasteiger partial charge in [-0.3, -0.25) is 10.1 Å². The van der Waals surface area contributed by atoms with Crippen molar-refractivity contribution in [2.45, 2.75) is 12.8 Å². The van der Waals surface area contributed by atoms with E-state index in [1.807, 2.05) is 0 Å². The smallest absolute Gasteiger partial charge is 0.296 e. The molecule has 0 aliphatic heterocycles. The Bertz CT molecular complexity index is 402. The Labute approximate surface area is 93.6 Å². The SMILES string of the molecule is COc1ccc(NCC2CC2)c([N+](=O)[O-])c1. The Morgan fingerprint density at radius 3 is 2.88 bits per heavy atom. The molecule has 5 nitrogen and oxygen atoms in total. The van der Waals surface area contributed by atoms with Crippen LogP contribution in [0.5, 0.6) is 5.75 Å². The van der Waals surface area contributed by atoms with E-state index in [0.717, 1.165) is 6.54 Å². The normalized spacial score (nSPS) is 14.6. The van der Waals surface area contributed by atoms with E-state index in [1.165, 1.54) is 26.0 Å². The maximum atomic E-state index is 10.9. The number of nitrogens with zero attached hydrogens (tertiary/aromatic N) is 1. The molecular weight excluding hydrogens is 208 g/mol. The average molecular weight is 222 g/mol. The van der Waals surface area contributed by atoms with Crippen LogP contribution in [0.1, 0.15) is 12.8 Å². The fraction of sp³-hybridized carbons (Fsp3) is 0.455. The summed E-state index contributed by atoms with van der Waals surface area (Å²) in [6.07, 6.45) is 2.44. The van der Waals surface area contributed by atoms with Crippen molar-refractivity contribution in [2.24, 2.45) is 5.92 Å². The van der Waals surface area contributed by atoms with Gasteiger partial charge in [0.2, 0.25) is 0 Å². The zero-order valence-corrected chi connectivity index (χ0v) is 9.10. The van der Waals surface area contributed by atoms with Crippen molar-refractivity contribution in [2.75, 3.05) is 19.0 Å². The molecule has 1 aromatic rings. The number of nitrogens with one attached hydrogen (secondary N) is 1. The Hall–Kier alpha value is -1.78. The summed E-state index contributed by atoms with van der Waals surface area (Å²) < 4.78 is 4.97. The van der Waals surface area contributed by atoms with Crippen LogP contribution < -0.4 is 10.1 Å². The molecule has 0 unspecified atom stereocenters. The molecule has 0 amide bonds. The highest BCUT2D eigenvalue weighted by atomic mass is 16.6. The molecule has 0 spiro atoms. The lowest BCUT2D eigenvalue weighted by atomic mass is 10.2. The van der Waals surface area contributed by atoms with Crippen LogP contribution in [0.2, 0.25) is 0 Å². The Balaban J connectivity index is 2.16. The van der Waals surface area contributed by atoms with Crippen LogP contribution in [0.25, 0.3) is 0 Å². The van der Waals surface area contributed by atoms with Gasteiger partial charge >= 0.3 is 0 Å². The lowest BCUT2D eigenvalue weighted by molar-refractivity contribution is -0.384. The predicted molar refractivity (Wildman–Crippen MR) is 60.9 cm³/mol. The quantitative estimate of drug-likeness (QED) is 0.613. The summed E-state index contributed by atoms with van der Waals surface area (Å²) in [6, 6.07) is 4.86. The van der Waals surface area contributed by atoms with Gasteiger partial charge in [0.25, 0.3) is 5.69 Å². The third kappa shape index (κ3) is 2.42. The van der Waals surface area contributed by atoms with Crippen molar-refractivity contribution in [3.05, 3.63) is 28.3 Å². The van der Waals surface area contributed by atoms with E-state index in [9.17, 15) is 10.1 Å². The summed E-state index contributed by atoms with van der Waals surface area (Å²) in [5.41, 5.74) is 0.637. The van der Waals surface area contributed by atoms with Gasteiger partial charge in [0.15, 0.2) is 0 Å². The topological polar surface area (TPSA) is 64.4 Å². The molecule has 0 saturated heterocycles. The van der Waals surface area contributed by atoms with Crippen molar-refractivity contribution < 1.29 is 9.66 Å². The zero-order chi connectivity index (χ0) is 11.5. The van der Waals surface area contributed by atoms with Crippen molar-refractivity contribution in [1.82, 2.24) is 0 Å². The third-order valence-corrected chi connectivity index (χ3v) is 2.68. The molecule has 86 valence electrons. The number of nitro groups is 1. The van der Waals surface area contributed by atoms with Gasteiger partial charge < -0.3 is 10.1 Å². The van der Waals surface area contributed by atoms with Gasteiger partial charge in [-0.2, -0.15) is 0 Å². The van der Waals surface area contributed by atoms with E-state index in [-0.39, 0.29) is 5.69 Å². The number of benzene rings is 1. The highest BCUT2D eigenvalue weighted by Gasteiger charge is 2.22. The van der Waals surface area contributed by atoms with Crippen molar-refractivity contribution in [1.29, 1.82) is 0 Å². The van der Waals surface area contributed by atoms with Gasteiger partial charge in [-0.05, 0) is 30.9 Å². The third-order valence-electron chi connectivity index (χ3n) is 2.68. The van der Waals surface area contributed by atoms with Gasteiger partial charge in [-0.1, -0.05) is 0 Å². The summed E-state index contributed by atoms with van der Waals surface area (Å²) >= 11 is 0. The highest BCUT2D eigenvalue weighted by molar-refractivity contribution is 5.63. The van der Waals surface area contributed by atoms with Crippen LogP contribution >= 0.6 is 0 Å². The number of methoxy groups -OCH3 is 1. The number of rotatable bonds is 5. The summed E-state index contributed by atoms with van der Waals surface area (Å²) in [5.74, 6) is 1.19. The average Bonchev–Trinajstić information content (AvgIpc) is 3.09. The molecule has 0 heterocycles. The maximum absolute atomic E-state index is 10.9. The zero-order valence-electron chi connectivity index (χ0n) is 9.10. The second-order valence-corrected chi connectivity index (χ2v) is 3.96. The van der Waals surface area contributed by atoms with Crippen molar-refractivity contribution in [3.8, 4) is 5.75 Å². The number of hydrogen-bond acceptors (Lipinski definition) is 4. The Kier molecular flexibility index (Phi) is 2.94. The Morgan fingerprint density at radius 1 is 1.56 bits per heavy atom. The molecule has 1 aromatic carbocycles. The number of ether oxygens (including phenoxy) is 1. The first kappa shape index (κ1) is 10.7. The molecular formula is C11H14N2O3. The molecule has 0 aromatic heterocycles. The van der Waals surface area contributed by atoms with E-state index in [0.29, 0.717) is 17.4 Å². The molecule has 1 N–H and O–H groups in total. The molecule has 0 atom stereocenters. The molecule has 1 fully saturated rings. The van der Waals surface area contributed by atoms with Crippen molar-refractivity contribution in [3.63, 3.8) is 0 Å². The minimum Gasteiger partial charge on any atom is -0.496 e. The molecule has 1 aliphatic rings. The van der Waals surface area contributed by atoms with Crippen molar-refractivity contribution >= 4 is 11.4 Å². The first-order chi connectivity index (χ1) is 7.70. The van der Waals surface area contributed by atoms with Gasteiger partial charge in [-0.15, -0.1) is 0 Å². The largest absolute Gasteiger partial charge is 0.496 e. The van der Waals surface area contributed by atoms with Crippen LogP contribution in [-0.4, -0.2) is 18.6 Å². The standard InChI is InChI=1S/C11H14N2O3/c1-16-9-4-5-10(11(6-9)13(14)15)12-7-8-2-3-8/h4-6,8,12H,2-3,7H2,1H3. The summed E-state index contributed by atoms with van der Waals surface area (Å²) in [7, 11) is 1.50. The second kappa shape index (κ2) is 4.38. The fourth-order valence-electron chi connectivity index (χ4n) is 1.52. The molecule has 0 bridgehead atoms. The van der Waals surface area contributed by atoms with Crippen LogP contribution in [0.3, 0.4) is 0 Å². The first-order valence-corrected chi connectivity index (χ1v) is 5.27. The van der Waals surface area contributed by atoms with Crippen LogP contribution in [-0.2, 0) is 0 Å². The molecule has 5 heteroatoms. The minimum atomic E-state index is -0.391. The number of hydrogen-bond donors (Lipinski definition) is 1. The molecule has 1 aliphatic carbocycles. The van der Waals surface area contributed by atoms with E-state index in [4.69, 9.17) is 4.74 Å². The highest BCUT2D eigenvalue weighted by Crippen LogP contribution is 2.32. The minimum absolute atomic E-state index is 0.0694. The summed E-state index contributed by atoms with van der Waals surface area (Å²) in [4.78, 5) is 10.5. The van der Waals surface area contributed by atoms with E-state index in [1.54, 1.807) is 12.1 Å². The van der Waals surface area contributed by atoms with Crippen LogP contribution in [0.4, 0.5) is 11.4 Å². The lowest BCUT2D eigenvalue weighted by Gasteiger charge is -2.07. The molecule has 0 radical (unpaired) electrons. The first-order valence-electron chi connectivity index (χ1n) is 5.27. The van der Waals surface area contributed by atoms with Gasteiger partial charge in [-0.25, -0.2) is 0 Å². The lowest BCUT2D eigenvalue weighted by Crippen LogP contribution is -2.05. The number of nitro benzene ring substituents is 1. The van der Waals surface area contributed by atoms with Gasteiger partial charge in [0.05, 0.1) is 18.1 Å². The Morgan fingerprint density at radius 2 is 2.31 bits per heavy atom. The second-order valence-electron chi connectivity index (χ2n) is 3.96. The van der Waals surface area contributed by atoms with Crippen LogP contribution in [0, 0.1) is 16.0 Å². The summed E-state index contributed by atoms with van der Waals surface area (Å²) in [5, 5.41) is 14.0. The van der Waals surface area contributed by atoms with Crippen LogP contribution in [0.15, 0.2) is 18.2 Å². The monoisotopic (exact) mass is 222 g/mol. The molecule has 2 rings (SSSR count). The molecule has 16 heavy (non-hydrogen) atoms. The van der Waals surface area contributed by atoms with E-state index in [2.05, 4.69) is 5.32 Å². The number of anilines is 1. The van der Waals surface area contributed by atoms with E-state index >= 15 is 0 Å². The molecule has 1 saturated carbocycles. The predicted octanol–water partition coefficient (Wildman–Crippen LogP) is 2.43. The van der Waals surface area contributed by atoms with Gasteiger partial charge in [0.1, 0.15) is 11.4 Å². The van der Waals surface area contributed by atoms with Gasteiger partial charge in [0, 0.05) is 6.54 Å². The fourth-order valence-corrected chi connectivity index (χ4v) is 1.52. The van der Waals surface area contributed by atoms with E-state index < -0.39 is 4.92 Å². The maximum Gasteiger partial charge on any atom is 0.296 e. The summed E-state index contributed by atoms with van der Waals surface area (Å²) in [6.45, 7) is 0.813.